The fourth-order valence-corrected chi connectivity index (χ4v) is 5.95. The number of carbonyl (C=O) groups excluding carboxylic acids is 5. The van der Waals surface area contributed by atoms with Crippen molar-refractivity contribution in [3.63, 3.8) is 0 Å². The number of benzene rings is 3. The average molecular weight is 574 g/mol. The van der Waals surface area contributed by atoms with E-state index in [1.807, 2.05) is 0 Å². The number of nitrogens with zero attached hydrogens (tertiary/aromatic N) is 1. The number of imide groups is 1. The van der Waals surface area contributed by atoms with Gasteiger partial charge in [-0.15, -0.1) is 0 Å². The van der Waals surface area contributed by atoms with E-state index in [1.54, 1.807) is 43.3 Å². The van der Waals surface area contributed by atoms with E-state index in [0.29, 0.717) is 5.56 Å². The first kappa shape index (κ1) is 24.4. The van der Waals surface area contributed by atoms with E-state index < -0.39 is 52.9 Å². The Kier molecular flexibility index (Phi) is 5.66. The van der Waals surface area contributed by atoms with Crippen LogP contribution in [0.3, 0.4) is 0 Å². The van der Waals surface area contributed by atoms with Crippen LogP contribution in [0.25, 0.3) is 0 Å². The summed E-state index contributed by atoms with van der Waals surface area (Å²) in [5.74, 6) is -5.49. The molecule has 0 bridgehead atoms. The van der Waals surface area contributed by atoms with Gasteiger partial charge in [-0.25, -0.2) is 9.69 Å². The summed E-state index contributed by atoms with van der Waals surface area (Å²) in [6.07, 6.45) is -1.00. The largest absolute Gasteiger partial charge is 0.462 e. The molecule has 6 rings (SSSR count). The summed E-state index contributed by atoms with van der Waals surface area (Å²) in [6.45, 7) is 1.90. The Morgan fingerprint density at radius 2 is 1.50 bits per heavy atom. The molecule has 0 unspecified atom stereocenters. The molecule has 0 N–H and O–H groups in total. The van der Waals surface area contributed by atoms with Gasteiger partial charge >= 0.3 is 5.97 Å². The summed E-state index contributed by atoms with van der Waals surface area (Å²) < 4.78 is 12.1. The van der Waals surface area contributed by atoms with E-state index >= 15 is 0 Å². The number of carbonyl (C=O) groups is 5. The molecule has 2 amide bonds. The van der Waals surface area contributed by atoms with Crippen LogP contribution < -0.4 is 4.90 Å². The van der Waals surface area contributed by atoms with Crippen LogP contribution in [0.2, 0.25) is 0 Å². The van der Waals surface area contributed by atoms with Crippen molar-refractivity contribution in [3.8, 4) is 0 Å². The SMILES string of the molecule is CCOC(=O)c1ccc(N2C(=O)[C@@H]3[C@H](c4ccc(Br)cc4)OC4(C(=O)c5ccccc5C4=O)[C@H]3C2=O)cc1. The van der Waals surface area contributed by atoms with Gasteiger partial charge in [-0.1, -0.05) is 52.3 Å². The molecule has 3 aromatic carbocycles. The second-order valence-electron chi connectivity index (χ2n) is 9.31. The van der Waals surface area contributed by atoms with Gasteiger partial charge < -0.3 is 9.47 Å². The molecule has 9 heteroatoms. The summed E-state index contributed by atoms with van der Waals surface area (Å²) in [6, 6.07) is 19.2. The van der Waals surface area contributed by atoms with Crippen LogP contribution in [0.4, 0.5) is 5.69 Å². The van der Waals surface area contributed by atoms with Crippen molar-refractivity contribution in [1.82, 2.24) is 0 Å². The average Bonchev–Trinajstić information content (AvgIpc) is 3.49. The molecule has 190 valence electrons. The molecular weight excluding hydrogens is 554 g/mol. The minimum absolute atomic E-state index is 0.171. The van der Waals surface area contributed by atoms with Crippen molar-refractivity contribution in [2.45, 2.75) is 18.6 Å². The van der Waals surface area contributed by atoms with E-state index in [1.165, 1.54) is 36.4 Å². The van der Waals surface area contributed by atoms with E-state index in [2.05, 4.69) is 15.9 Å². The molecule has 8 nitrogen and oxygen atoms in total. The topological polar surface area (TPSA) is 107 Å². The molecule has 1 aliphatic carbocycles. The van der Waals surface area contributed by atoms with E-state index in [0.717, 1.165) is 9.37 Å². The third-order valence-corrected chi connectivity index (χ3v) is 7.88. The fraction of sp³-hybridized carbons (Fsp3) is 0.207. The Balaban J connectivity index is 1.46. The maximum atomic E-state index is 14.0. The second-order valence-corrected chi connectivity index (χ2v) is 10.2. The first-order valence-electron chi connectivity index (χ1n) is 12.1. The van der Waals surface area contributed by atoms with E-state index in [-0.39, 0.29) is 29.0 Å². The zero-order valence-electron chi connectivity index (χ0n) is 20.1. The van der Waals surface area contributed by atoms with Crippen LogP contribution in [-0.4, -0.2) is 41.6 Å². The van der Waals surface area contributed by atoms with Crippen LogP contribution in [-0.2, 0) is 19.1 Å². The smallest absolute Gasteiger partial charge is 0.338 e. The zero-order chi connectivity index (χ0) is 26.8. The molecule has 2 aliphatic heterocycles. The zero-order valence-corrected chi connectivity index (χ0v) is 21.6. The molecule has 3 aliphatic rings. The number of halogens is 1. The van der Waals surface area contributed by atoms with Gasteiger partial charge in [0.1, 0.15) is 0 Å². The van der Waals surface area contributed by atoms with Gasteiger partial charge in [0.15, 0.2) is 0 Å². The lowest BCUT2D eigenvalue weighted by molar-refractivity contribution is -0.127. The quantitative estimate of drug-likeness (QED) is 0.260. The van der Waals surface area contributed by atoms with Crippen molar-refractivity contribution in [3.05, 3.63) is 99.5 Å². The third kappa shape index (κ3) is 3.28. The Morgan fingerprint density at radius 1 is 0.895 bits per heavy atom. The number of Topliss-reactive ketones (excluding diaryl/α,β-unsaturated/α-hetero) is 2. The van der Waals surface area contributed by atoms with Crippen molar-refractivity contribution in [2.75, 3.05) is 11.5 Å². The molecule has 1 spiro atoms. The summed E-state index contributed by atoms with van der Waals surface area (Å²) >= 11 is 3.38. The van der Waals surface area contributed by atoms with Gasteiger partial charge in [0.25, 0.3) is 0 Å². The van der Waals surface area contributed by atoms with Gasteiger partial charge in [-0.2, -0.15) is 0 Å². The van der Waals surface area contributed by atoms with E-state index in [4.69, 9.17) is 9.47 Å². The Morgan fingerprint density at radius 3 is 2.08 bits per heavy atom. The lowest BCUT2D eigenvalue weighted by atomic mass is 9.77. The molecule has 3 atom stereocenters. The van der Waals surface area contributed by atoms with Gasteiger partial charge in [0.2, 0.25) is 29.0 Å². The van der Waals surface area contributed by atoms with Crippen LogP contribution in [0.15, 0.2) is 77.3 Å². The van der Waals surface area contributed by atoms with Crippen molar-refractivity contribution >= 4 is 51.0 Å². The Bertz CT molecular complexity index is 1490. The fourth-order valence-electron chi connectivity index (χ4n) is 5.69. The molecule has 0 saturated carbocycles. The maximum Gasteiger partial charge on any atom is 0.338 e. The number of anilines is 1. The second kappa shape index (κ2) is 8.82. The van der Waals surface area contributed by atoms with Crippen molar-refractivity contribution in [2.24, 2.45) is 11.8 Å². The summed E-state index contributed by atoms with van der Waals surface area (Å²) in [5, 5.41) is 0. The summed E-state index contributed by atoms with van der Waals surface area (Å²) in [7, 11) is 0. The van der Waals surface area contributed by atoms with Crippen LogP contribution in [0.5, 0.6) is 0 Å². The molecule has 38 heavy (non-hydrogen) atoms. The number of amides is 2. The van der Waals surface area contributed by atoms with Crippen LogP contribution in [0.1, 0.15) is 49.7 Å². The normalized spacial score (nSPS) is 23.2. The number of ketones is 2. The number of rotatable bonds is 4. The highest BCUT2D eigenvalue weighted by Crippen LogP contribution is 2.57. The highest BCUT2D eigenvalue weighted by Gasteiger charge is 2.74. The van der Waals surface area contributed by atoms with Gasteiger partial charge in [-0.3, -0.25) is 19.2 Å². The minimum Gasteiger partial charge on any atom is -0.462 e. The molecular formula is C29H20BrNO7. The first-order chi connectivity index (χ1) is 18.3. The number of ether oxygens (including phenoxy) is 2. The summed E-state index contributed by atoms with van der Waals surface area (Å²) in [4.78, 5) is 68.5. The number of fused-ring (bicyclic) bond motifs is 3. The predicted molar refractivity (Wildman–Crippen MR) is 138 cm³/mol. The molecule has 3 aromatic rings. The van der Waals surface area contributed by atoms with E-state index in [9.17, 15) is 24.0 Å². The van der Waals surface area contributed by atoms with Crippen molar-refractivity contribution in [1.29, 1.82) is 0 Å². The lowest BCUT2D eigenvalue weighted by Crippen LogP contribution is -2.51. The standard InChI is InChI=1S/C29H20BrNO7/c1-2-37-28(36)16-9-13-18(14-10-16)31-26(34)21-22(27(31)35)29(38-23(21)15-7-11-17(30)12-8-15)24(32)19-5-3-4-6-20(19)25(29)33/h3-14,21-23H,2H2,1H3/t21-,22+,23-/m0/s1. The monoisotopic (exact) mass is 573 g/mol. The number of hydrogen-bond donors (Lipinski definition) is 0. The molecule has 2 heterocycles. The Hall–Kier alpha value is -3.95. The Labute approximate surface area is 225 Å². The highest BCUT2D eigenvalue weighted by atomic mass is 79.9. The van der Waals surface area contributed by atoms with Gasteiger partial charge in [-0.05, 0) is 48.9 Å². The third-order valence-electron chi connectivity index (χ3n) is 7.35. The maximum absolute atomic E-state index is 14.0. The summed E-state index contributed by atoms with van der Waals surface area (Å²) in [5.41, 5.74) is -0.743. The minimum atomic E-state index is -2.14. The molecule has 0 aromatic heterocycles. The van der Waals surface area contributed by atoms with Crippen molar-refractivity contribution < 1.29 is 33.4 Å². The molecule has 2 saturated heterocycles. The lowest BCUT2D eigenvalue weighted by Gasteiger charge is -2.27. The number of esters is 1. The van der Waals surface area contributed by atoms with Crippen LogP contribution >= 0.6 is 15.9 Å². The molecule has 2 fully saturated rings. The first-order valence-corrected chi connectivity index (χ1v) is 12.9. The predicted octanol–water partition coefficient (Wildman–Crippen LogP) is 4.32. The van der Waals surface area contributed by atoms with Gasteiger partial charge in [0.05, 0.1) is 35.8 Å². The number of hydrogen-bond acceptors (Lipinski definition) is 7. The van der Waals surface area contributed by atoms with Crippen LogP contribution in [0, 0.1) is 11.8 Å². The van der Waals surface area contributed by atoms with Gasteiger partial charge in [0, 0.05) is 15.6 Å². The molecule has 0 radical (unpaired) electrons. The highest BCUT2D eigenvalue weighted by molar-refractivity contribution is 9.10.